The van der Waals surface area contributed by atoms with Gasteiger partial charge in [0.2, 0.25) is 5.90 Å². The summed E-state index contributed by atoms with van der Waals surface area (Å²) >= 11 is 0. The third kappa shape index (κ3) is 4.08. The quantitative estimate of drug-likeness (QED) is 0.382. The van der Waals surface area contributed by atoms with Gasteiger partial charge in [-0.15, -0.1) is 0 Å². The fraction of sp³-hybridized carbons (Fsp3) is 0.261. The smallest absolute Gasteiger partial charge is 0.200 e. The molecule has 0 aliphatic heterocycles. The first-order valence-corrected chi connectivity index (χ1v) is 8.66. The molecule has 0 spiro atoms. The minimum Gasteiger partial charge on any atom is -0.442 e. The van der Waals surface area contributed by atoms with Crippen molar-refractivity contribution >= 4 is 22.4 Å². The Kier molecular flexibility index (Phi) is 4.63. The second-order valence-electron chi connectivity index (χ2n) is 7.55. The van der Waals surface area contributed by atoms with Crippen molar-refractivity contribution in [3.05, 3.63) is 71.8 Å². The van der Waals surface area contributed by atoms with Gasteiger partial charge in [0, 0.05) is 5.41 Å². The Labute approximate surface area is 150 Å². The largest absolute Gasteiger partial charge is 0.442 e. The van der Waals surface area contributed by atoms with E-state index in [0.717, 1.165) is 11.4 Å². The lowest BCUT2D eigenvalue weighted by atomic mass is 9.96. The lowest BCUT2D eigenvalue weighted by Gasteiger charge is -2.22. The monoisotopic (exact) mass is 331 g/mol. The van der Waals surface area contributed by atoms with Crippen LogP contribution in [0.2, 0.25) is 0 Å². The molecule has 0 aromatic heterocycles. The second-order valence-corrected chi connectivity index (χ2v) is 7.55. The highest BCUT2D eigenvalue weighted by molar-refractivity contribution is 5.88. The van der Waals surface area contributed by atoms with Crippen LogP contribution in [0.15, 0.2) is 65.7 Å². The number of benzene rings is 3. The van der Waals surface area contributed by atoms with E-state index >= 15 is 0 Å². The van der Waals surface area contributed by atoms with E-state index in [1.165, 1.54) is 21.9 Å². The van der Waals surface area contributed by atoms with Gasteiger partial charge in [0.15, 0.2) is 0 Å². The Hall–Kier alpha value is -2.61. The number of hydrogen-bond acceptors (Lipinski definition) is 2. The zero-order valence-corrected chi connectivity index (χ0v) is 15.6. The molecule has 128 valence electrons. The summed E-state index contributed by atoms with van der Waals surface area (Å²) < 4.78 is 6.21. The zero-order valence-electron chi connectivity index (χ0n) is 15.6. The molecule has 0 fully saturated rings. The van der Waals surface area contributed by atoms with Crippen LogP contribution in [-0.2, 0) is 0 Å². The molecule has 0 N–H and O–H groups in total. The van der Waals surface area contributed by atoms with E-state index < -0.39 is 0 Å². The van der Waals surface area contributed by atoms with Gasteiger partial charge in [-0.2, -0.15) is 0 Å². The molecule has 3 rings (SSSR count). The Morgan fingerprint density at radius 3 is 2.20 bits per heavy atom. The number of nitrogens with zero attached hydrogens (tertiary/aromatic N) is 1. The van der Waals surface area contributed by atoms with E-state index in [-0.39, 0.29) is 5.41 Å². The Morgan fingerprint density at radius 2 is 1.52 bits per heavy atom. The van der Waals surface area contributed by atoms with Crippen molar-refractivity contribution in [1.82, 2.24) is 0 Å². The summed E-state index contributed by atoms with van der Waals surface area (Å²) in [6.07, 6.45) is 0. The van der Waals surface area contributed by atoms with E-state index in [9.17, 15) is 0 Å². The first-order chi connectivity index (χ1) is 11.8. The van der Waals surface area contributed by atoms with Crippen molar-refractivity contribution in [2.75, 3.05) is 0 Å². The lowest BCUT2D eigenvalue weighted by molar-refractivity contribution is 0.434. The summed E-state index contributed by atoms with van der Waals surface area (Å²) in [5.41, 5.74) is 3.24. The number of hydrogen-bond donors (Lipinski definition) is 0. The van der Waals surface area contributed by atoms with Gasteiger partial charge < -0.3 is 4.74 Å². The van der Waals surface area contributed by atoms with Crippen molar-refractivity contribution in [3.8, 4) is 5.75 Å². The molecule has 0 heterocycles. The maximum atomic E-state index is 6.21. The van der Waals surface area contributed by atoms with Crippen molar-refractivity contribution in [2.24, 2.45) is 10.4 Å². The SMILES string of the molecule is Cc1ccc(N=C(Oc2ccc3ccccc3c2)C(C)(C)C)cc1C. The molecule has 0 saturated heterocycles. The minimum atomic E-state index is -0.190. The van der Waals surface area contributed by atoms with Crippen LogP contribution in [0, 0.1) is 19.3 Å². The fourth-order valence-electron chi connectivity index (χ4n) is 2.60. The van der Waals surface area contributed by atoms with Crippen LogP contribution >= 0.6 is 0 Å². The van der Waals surface area contributed by atoms with Gasteiger partial charge in [0.1, 0.15) is 5.75 Å². The number of fused-ring (bicyclic) bond motifs is 1. The number of ether oxygens (including phenoxy) is 1. The summed E-state index contributed by atoms with van der Waals surface area (Å²) in [7, 11) is 0. The van der Waals surface area contributed by atoms with Gasteiger partial charge in [-0.05, 0) is 60.0 Å². The molecule has 2 nitrogen and oxygen atoms in total. The molecule has 0 bridgehead atoms. The molecule has 0 aliphatic rings. The molecule has 25 heavy (non-hydrogen) atoms. The van der Waals surface area contributed by atoms with Gasteiger partial charge in [0.05, 0.1) is 5.69 Å². The second kappa shape index (κ2) is 6.72. The molecule has 3 aromatic rings. The maximum Gasteiger partial charge on any atom is 0.200 e. The van der Waals surface area contributed by atoms with Crippen LogP contribution in [0.3, 0.4) is 0 Å². The van der Waals surface area contributed by atoms with Crippen molar-refractivity contribution < 1.29 is 4.74 Å². The maximum absolute atomic E-state index is 6.21. The molecule has 0 amide bonds. The first-order valence-electron chi connectivity index (χ1n) is 8.66. The van der Waals surface area contributed by atoms with E-state index in [1.54, 1.807) is 0 Å². The zero-order chi connectivity index (χ0) is 18.0. The molecule has 0 radical (unpaired) electrons. The number of rotatable bonds is 2. The number of aryl methyl sites for hydroxylation is 2. The molecular formula is C23H25NO. The third-order valence-electron chi connectivity index (χ3n) is 4.30. The van der Waals surface area contributed by atoms with Crippen LogP contribution in [0.25, 0.3) is 10.8 Å². The van der Waals surface area contributed by atoms with Gasteiger partial charge in [-0.25, -0.2) is 4.99 Å². The molecule has 0 saturated carbocycles. The molecule has 2 heteroatoms. The Morgan fingerprint density at radius 1 is 0.800 bits per heavy atom. The van der Waals surface area contributed by atoms with Crippen LogP contribution in [0.1, 0.15) is 31.9 Å². The molecule has 0 aliphatic carbocycles. The van der Waals surface area contributed by atoms with E-state index in [4.69, 9.17) is 9.73 Å². The highest BCUT2D eigenvalue weighted by Crippen LogP contribution is 2.27. The molecule has 3 aromatic carbocycles. The molecule has 0 unspecified atom stereocenters. The predicted molar refractivity (Wildman–Crippen MR) is 107 cm³/mol. The molecule has 0 atom stereocenters. The summed E-state index contributed by atoms with van der Waals surface area (Å²) in [6.45, 7) is 10.6. The standard InChI is InChI=1S/C23H25NO/c1-16-10-12-20(14-17(16)2)24-22(23(3,4)5)25-21-13-11-18-8-6-7-9-19(18)15-21/h6-15H,1-5H3. The summed E-state index contributed by atoms with van der Waals surface area (Å²) in [5, 5.41) is 2.37. The highest BCUT2D eigenvalue weighted by Gasteiger charge is 2.22. The fourth-order valence-corrected chi connectivity index (χ4v) is 2.60. The van der Waals surface area contributed by atoms with Gasteiger partial charge in [-0.1, -0.05) is 57.2 Å². The Bertz CT molecular complexity index is 932. The van der Waals surface area contributed by atoms with Crippen LogP contribution in [0.5, 0.6) is 5.75 Å². The van der Waals surface area contributed by atoms with Gasteiger partial charge in [0.25, 0.3) is 0 Å². The van der Waals surface area contributed by atoms with Crippen LogP contribution in [0.4, 0.5) is 5.69 Å². The van der Waals surface area contributed by atoms with Crippen LogP contribution in [-0.4, -0.2) is 5.90 Å². The summed E-state index contributed by atoms with van der Waals surface area (Å²) in [5.74, 6) is 1.53. The van der Waals surface area contributed by atoms with Crippen molar-refractivity contribution in [3.63, 3.8) is 0 Å². The summed E-state index contributed by atoms with van der Waals surface area (Å²) in [6, 6.07) is 20.7. The van der Waals surface area contributed by atoms with Crippen molar-refractivity contribution in [2.45, 2.75) is 34.6 Å². The van der Waals surface area contributed by atoms with E-state index in [1.807, 2.05) is 24.3 Å². The molecular weight excluding hydrogens is 306 g/mol. The first kappa shape index (κ1) is 17.2. The highest BCUT2D eigenvalue weighted by atomic mass is 16.5. The predicted octanol–water partition coefficient (Wildman–Crippen LogP) is 6.61. The summed E-state index contributed by atoms with van der Waals surface area (Å²) in [4.78, 5) is 4.80. The average Bonchev–Trinajstić information content (AvgIpc) is 2.56. The van der Waals surface area contributed by atoms with Gasteiger partial charge in [-0.3, -0.25) is 0 Å². The minimum absolute atomic E-state index is 0.190. The topological polar surface area (TPSA) is 21.6 Å². The Balaban J connectivity index is 1.97. The number of aliphatic imine (C=N–C) groups is 1. The van der Waals surface area contributed by atoms with E-state index in [0.29, 0.717) is 5.90 Å². The van der Waals surface area contributed by atoms with Gasteiger partial charge >= 0.3 is 0 Å². The lowest BCUT2D eigenvalue weighted by Crippen LogP contribution is -2.26. The average molecular weight is 331 g/mol. The van der Waals surface area contributed by atoms with E-state index in [2.05, 4.69) is 71.0 Å². The van der Waals surface area contributed by atoms with Crippen molar-refractivity contribution in [1.29, 1.82) is 0 Å². The third-order valence-corrected chi connectivity index (χ3v) is 4.30. The van der Waals surface area contributed by atoms with Crippen LogP contribution < -0.4 is 4.74 Å². The normalized spacial score (nSPS) is 12.4.